The van der Waals surface area contributed by atoms with Crippen LogP contribution >= 0.6 is 11.3 Å². The minimum Gasteiger partial charge on any atom is -0.367 e. The first-order valence-electron chi connectivity index (χ1n) is 11.3. The Kier molecular flexibility index (Phi) is 7.48. The molecule has 35 heavy (non-hydrogen) atoms. The lowest BCUT2D eigenvalue weighted by molar-refractivity contribution is -0.115. The SMILES string of the molecule is CCS(=O)(=O)NCC1CCC(Nc2nc(NCC(F)(F)F)nc(C)c2-c2nc3ccccc3s2)C1. The molecule has 0 bridgehead atoms. The van der Waals surface area contributed by atoms with Crippen LogP contribution in [0.1, 0.15) is 31.9 Å². The molecule has 0 saturated heterocycles. The number of anilines is 2. The third-order valence-corrected chi connectivity index (χ3v) is 8.32. The zero-order valence-corrected chi connectivity index (χ0v) is 20.9. The maximum atomic E-state index is 12.8. The predicted molar refractivity (Wildman–Crippen MR) is 132 cm³/mol. The Labute approximate surface area is 205 Å². The molecule has 3 aromatic rings. The van der Waals surface area contributed by atoms with Crippen molar-refractivity contribution in [1.29, 1.82) is 0 Å². The van der Waals surface area contributed by atoms with Crippen LogP contribution in [0.2, 0.25) is 0 Å². The number of hydrogen-bond acceptors (Lipinski definition) is 8. The van der Waals surface area contributed by atoms with Gasteiger partial charge >= 0.3 is 6.18 Å². The molecule has 0 aliphatic heterocycles. The Balaban J connectivity index is 1.60. The number of rotatable bonds is 9. The van der Waals surface area contributed by atoms with Gasteiger partial charge in [0.1, 0.15) is 17.4 Å². The maximum Gasteiger partial charge on any atom is 0.405 e. The first-order valence-corrected chi connectivity index (χ1v) is 13.8. The van der Waals surface area contributed by atoms with Gasteiger partial charge in [0.25, 0.3) is 0 Å². The third kappa shape index (κ3) is 6.58. The summed E-state index contributed by atoms with van der Waals surface area (Å²) in [4.78, 5) is 13.4. The fraction of sp³-hybridized carbons (Fsp3) is 0.500. The smallest absolute Gasteiger partial charge is 0.367 e. The van der Waals surface area contributed by atoms with Gasteiger partial charge in [-0.15, -0.1) is 11.3 Å². The molecular formula is C22H27F3N6O2S2. The first-order chi connectivity index (χ1) is 16.5. The molecule has 1 fully saturated rings. The highest BCUT2D eigenvalue weighted by Gasteiger charge is 2.29. The molecule has 1 aliphatic carbocycles. The van der Waals surface area contributed by atoms with Gasteiger partial charge in [0.15, 0.2) is 0 Å². The largest absolute Gasteiger partial charge is 0.405 e. The number of sulfonamides is 1. The molecular weight excluding hydrogens is 501 g/mol. The maximum absolute atomic E-state index is 12.8. The molecule has 3 N–H and O–H groups in total. The predicted octanol–water partition coefficient (Wildman–Crippen LogP) is 4.56. The van der Waals surface area contributed by atoms with E-state index < -0.39 is 22.7 Å². The van der Waals surface area contributed by atoms with E-state index >= 15 is 0 Å². The average Bonchev–Trinajstić information content (AvgIpc) is 3.42. The van der Waals surface area contributed by atoms with Gasteiger partial charge < -0.3 is 10.6 Å². The van der Waals surface area contributed by atoms with Crippen molar-refractivity contribution < 1.29 is 21.6 Å². The van der Waals surface area contributed by atoms with Crippen molar-refractivity contribution in [2.24, 2.45) is 5.92 Å². The lowest BCUT2D eigenvalue weighted by atomic mass is 10.1. The van der Waals surface area contributed by atoms with Crippen molar-refractivity contribution in [3.63, 3.8) is 0 Å². The molecule has 0 spiro atoms. The number of para-hydroxylation sites is 1. The van der Waals surface area contributed by atoms with Crippen molar-refractivity contribution >= 4 is 43.3 Å². The van der Waals surface area contributed by atoms with Crippen molar-refractivity contribution in [3.8, 4) is 10.6 Å². The van der Waals surface area contributed by atoms with Crippen LogP contribution in [0.15, 0.2) is 24.3 Å². The van der Waals surface area contributed by atoms with Gasteiger partial charge in [-0.2, -0.15) is 18.2 Å². The van der Waals surface area contributed by atoms with Crippen LogP contribution in [0.25, 0.3) is 20.8 Å². The van der Waals surface area contributed by atoms with Gasteiger partial charge in [0, 0.05) is 12.6 Å². The molecule has 4 rings (SSSR count). The van der Waals surface area contributed by atoms with Crippen LogP contribution in [0.3, 0.4) is 0 Å². The fourth-order valence-electron chi connectivity index (χ4n) is 4.10. The topological polar surface area (TPSA) is 109 Å². The number of benzene rings is 1. The minimum absolute atomic E-state index is 0.0102. The van der Waals surface area contributed by atoms with Gasteiger partial charge in [0.05, 0.1) is 27.2 Å². The summed E-state index contributed by atoms with van der Waals surface area (Å²) in [5.74, 6) is 0.491. The van der Waals surface area contributed by atoms with Gasteiger partial charge in [0.2, 0.25) is 16.0 Å². The Hall–Kier alpha value is -2.51. The number of fused-ring (bicyclic) bond motifs is 1. The zero-order chi connectivity index (χ0) is 25.2. The minimum atomic E-state index is -4.40. The molecule has 1 aliphatic rings. The number of thiazole rings is 1. The highest BCUT2D eigenvalue weighted by Crippen LogP contribution is 2.38. The van der Waals surface area contributed by atoms with Crippen LogP contribution in [0.4, 0.5) is 24.9 Å². The van der Waals surface area contributed by atoms with E-state index in [4.69, 9.17) is 4.98 Å². The van der Waals surface area contributed by atoms with Gasteiger partial charge in [-0.05, 0) is 51.2 Å². The summed E-state index contributed by atoms with van der Waals surface area (Å²) in [5, 5.41) is 6.34. The molecule has 2 heterocycles. The normalized spacial score (nSPS) is 18.8. The Morgan fingerprint density at radius 1 is 1.14 bits per heavy atom. The summed E-state index contributed by atoms with van der Waals surface area (Å²) in [7, 11) is -3.27. The molecule has 1 saturated carbocycles. The van der Waals surface area contributed by atoms with Gasteiger partial charge in [-0.3, -0.25) is 0 Å². The summed E-state index contributed by atoms with van der Waals surface area (Å²) in [5.41, 5.74) is 1.98. The summed E-state index contributed by atoms with van der Waals surface area (Å²) in [6, 6.07) is 7.66. The zero-order valence-electron chi connectivity index (χ0n) is 19.3. The summed E-state index contributed by atoms with van der Waals surface area (Å²) in [6.45, 7) is 2.44. The standard InChI is InChI=1S/C22H27F3N6O2S2/c1-3-35(32,33)27-11-14-8-9-15(10-14)29-19-18(20-30-16-6-4-5-7-17(16)34-20)13(2)28-21(31-19)26-12-22(23,24)25/h4-7,14-15,27H,3,8-12H2,1-2H3,(H2,26,28,29,31). The molecule has 2 unspecified atom stereocenters. The van der Waals surface area contributed by atoms with Crippen LogP contribution in [-0.4, -0.2) is 54.4 Å². The van der Waals surface area contributed by atoms with E-state index in [0.29, 0.717) is 35.0 Å². The monoisotopic (exact) mass is 528 g/mol. The summed E-state index contributed by atoms with van der Waals surface area (Å²) in [6.07, 6.45) is -2.09. The van der Waals surface area contributed by atoms with E-state index in [1.807, 2.05) is 24.3 Å². The van der Waals surface area contributed by atoms with Crippen LogP contribution in [-0.2, 0) is 10.0 Å². The first kappa shape index (κ1) is 25.6. The molecule has 2 aromatic heterocycles. The number of halogens is 3. The Morgan fingerprint density at radius 3 is 2.63 bits per heavy atom. The Bertz CT molecular complexity index is 1260. The molecule has 190 valence electrons. The van der Waals surface area contributed by atoms with E-state index in [2.05, 4.69) is 25.3 Å². The number of hydrogen-bond donors (Lipinski definition) is 3. The number of alkyl halides is 3. The Morgan fingerprint density at radius 2 is 1.91 bits per heavy atom. The quantitative estimate of drug-likeness (QED) is 0.374. The van der Waals surface area contributed by atoms with E-state index in [1.54, 1.807) is 13.8 Å². The third-order valence-electron chi connectivity index (χ3n) is 5.90. The number of nitrogens with zero attached hydrogens (tertiary/aromatic N) is 3. The molecule has 13 heteroatoms. The second kappa shape index (κ2) is 10.2. The van der Waals surface area contributed by atoms with Crippen molar-refractivity contribution in [1.82, 2.24) is 19.7 Å². The van der Waals surface area contributed by atoms with E-state index in [9.17, 15) is 21.6 Å². The second-order valence-electron chi connectivity index (χ2n) is 8.58. The van der Waals surface area contributed by atoms with Crippen LogP contribution in [0, 0.1) is 12.8 Å². The van der Waals surface area contributed by atoms with E-state index in [1.165, 1.54) is 11.3 Å². The lowest BCUT2D eigenvalue weighted by Crippen LogP contribution is -2.30. The van der Waals surface area contributed by atoms with Gasteiger partial charge in [-0.25, -0.2) is 23.1 Å². The highest BCUT2D eigenvalue weighted by molar-refractivity contribution is 7.89. The molecule has 8 nitrogen and oxygen atoms in total. The number of aryl methyl sites for hydroxylation is 1. The molecule has 1 aromatic carbocycles. The van der Waals surface area contributed by atoms with Crippen molar-refractivity contribution in [2.75, 3.05) is 29.5 Å². The fourth-order valence-corrected chi connectivity index (χ4v) is 5.86. The lowest BCUT2D eigenvalue weighted by Gasteiger charge is -2.19. The summed E-state index contributed by atoms with van der Waals surface area (Å²) >= 11 is 1.47. The van der Waals surface area contributed by atoms with Crippen LogP contribution < -0.4 is 15.4 Å². The average molecular weight is 529 g/mol. The molecule has 0 amide bonds. The number of aromatic nitrogens is 3. The van der Waals surface area contributed by atoms with E-state index in [-0.39, 0.29) is 23.7 Å². The van der Waals surface area contributed by atoms with Crippen molar-refractivity contribution in [3.05, 3.63) is 30.0 Å². The second-order valence-corrected chi connectivity index (χ2v) is 11.7. The highest BCUT2D eigenvalue weighted by atomic mass is 32.2. The summed E-state index contributed by atoms with van der Waals surface area (Å²) < 4.78 is 65.5. The van der Waals surface area contributed by atoms with Crippen molar-refractivity contribution in [2.45, 2.75) is 45.3 Å². The van der Waals surface area contributed by atoms with Crippen LogP contribution in [0.5, 0.6) is 0 Å². The molecule has 0 radical (unpaired) electrons. The molecule has 2 atom stereocenters. The van der Waals surface area contributed by atoms with Gasteiger partial charge in [-0.1, -0.05) is 12.1 Å². The van der Waals surface area contributed by atoms with E-state index in [0.717, 1.165) is 23.1 Å². The number of nitrogens with one attached hydrogen (secondary N) is 3.